The summed E-state index contributed by atoms with van der Waals surface area (Å²) in [5.41, 5.74) is 3.40. The molecule has 2 nitrogen and oxygen atoms in total. The van der Waals surface area contributed by atoms with Gasteiger partial charge in [0.1, 0.15) is 0 Å². The summed E-state index contributed by atoms with van der Waals surface area (Å²) in [6, 6.07) is 18.5. The summed E-state index contributed by atoms with van der Waals surface area (Å²) in [5.74, 6) is 0.593. The quantitative estimate of drug-likeness (QED) is 0.856. The Morgan fingerprint density at radius 1 is 0.955 bits per heavy atom. The number of benzene rings is 2. The van der Waals surface area contributed by atoms with Crippen LogP contribution in [0.4, 0.5) is 5.69 Å². The molecule has 0 heterocycles. The molecule has 0 spiro atoms. The second kappa shape index (κ2) is 6.78. The van der Waals surface area contributed by atoms with Crippen LogP contribution in [0.25, 0.3) is 0 Å². The van der Waals surface area contributed by atoms with E-state index in [1.54, 1.807) is 0 Å². The highest BCUT2D eigenvalue weighted by Gasteiger charge is 2.31. The molecule has 0 unspecified atom stereocenters. The van der Waals surface area contributed by atoms with Crippen molar-refractivity contribution in [1.82, 2.24) is 0 Å². The lowest BCUT2D eigenvalue weighted by molar-refractivity contribution is -0.121. The van der Waals surface area contributed by atoms with E-state index in [-0.39, 0.29) is 11.8 Å². The Hall–Kier alpha value is -2.09. The molecule has 2 aromatic carbocycles. The van der Waals surface area contributed by atoms with Crippen LogP contribution in [-0.2, 0) is 4.79 Å². The number of hydrogen-bond acceptors (Lipinski definition) is 1. The smallest absolute Gasteiger partial charge is 0.228 e. The SMILES string of the molecule is Cc1ccc(NC(=O)[C@H]2CCCC[C@@H]2c2ccccc2)cc1. The molecule has 2 atom stereocenters. The number of rotatable bonds is 3. The zero-order chi connectivity index (χ0) is 15.4. The molecule has 22 heavy (non-hydrogen) atoms. The maximum Gasteiger partial charge on any atom is 0.228 e. The molecule has 114 valence electrons. The predicted molar refractivity (Wildman–Crippen MR) is 90.9 cm³/mol. The number of hydrogen-bond donors (Lipinski definition) is 1. The van der Waals surface area contributed by atoms with Crippen LogP contribution in [0.2, 0.25) is 0 Å². The highest BCUT2D eigenvalue weighted by molar-refractivity contribution is 5.93. The fraction of sp³-hybridized carbons (Fsp3) is 0.350. The van der Waals surface area contributed by atoms with Gasteiger partial charge in [0, 0.05) is 11.6 Å². The van der Waals surface area contributed by atoms with Gasteiger partial charge in [-0.15, -0.1) is 0 Å². The van der Waals surface area contributed by atoms with E-state index in [2.05, 4.69) is 36.5 Å². The van der Waals surface area contributed by atoms with Crippen LogP contribution in [0.1, 0.15) is 42.7 Å². The molecule has 0 aliphatic heterocycles. The first kappa shape index (κ1) is 14.8. The first-order valence-corrected chi connectivity index (χ1v) is 8.16. The zero-order valence-corrected chi connectivity index (χ0v) is 13.1. The predicted octanol–water partition coefficient (Wildman–Crippen LogP) is 4.91. The molecule has 2 aromatic rings. The summed E-state index contributed by atoms with van der Waals surface area (Å²) in [6.07, 6.45) is 4.45. The van der Waals surface area contributed by atoms with Crippen LogP contribution < -0.4 is 5.32 Å². The van der Waals surface area contributed by atoms with Gasteiger partial charge in [-0.05, 0) is 43.4 Å². The second-order valence-corrected chi connectivity index (χ2v) is 6.26. The summed E-state index contributed by atoms with van der Waals surface area (Å²) in [5, 5.41) is 3.10. The molecule has 1 aliphatic carbocycles. The Morgan fingerprint density at radius 2 is 1.64 bits per heavy atom. The summed E-state index contributed by atoms with van der Waals surface area (Å²) in [6.45, 7) is 2.05. The van der Waals surface area contributed by atoms with E-state index in [9.17, 15) is 4.79 Å². The highest BCUT2D eigenvalue weighted by Crippen LogP contribution is 2.38. The number of amides is 1. The van der Waals surface area contributed by atoms with Crippen LogP contribution >= 0.6 is 0 Å². The summed E-state index contributed by atoms with van der Waals surface area (Å²) in [4.78, 5) is 12.7. The van der Waals surface area contributed by atoms with Crippen LogP contribution in [0.15, 0.2) is 54.6 Å². The Labute approximate surface area is 132 Å². The minimum Gasteiger partial charge on any atom is -0.326 e. The Morgan fingerprint density at radius 3 is 2.36 bits per heavy atom. The maximum atomic E-state index is 12.7. The van der Waals surface area contributed by atoms with Crippen LogP contribution in [0.3, 0.4) is 0 Å². The van der Waals surface area contributed by atoms with Gasteiger partial charge in [-0.3, -0.25) is 4.79 Å². The molecule has 1 N–H and O–H groups in total. The molecule has 2 heteroatoms. The van der Waals surface area contributed by atoms with Gasteiger partial charge >= 0.3 is 0 Å². The first-order chi connectivity index (χ1) is 10.7. The number of carbonyl (C=O) groups excluding carboxylic acids is 1. The highest BCUT2D eigenvalue weighted by atomic mass is 16.1. The lowest BCUT2D eigenvalue weighted by Gasteiger charge is -2.31. The third-order valence-corrected chi connectivity index (χ3v) is 4.65. The maximum absolute atomic E-state index is 12.7. The van der Waals surface area contributed by atoms with Crippen molar-refractivity contribution in [3.05, 3.63) is 65.7 Å². The molecule has 0 aromatic heterocycles. The van der Waals surface area contributed by atoms with Gasteiger partial charge in [0.15, 0.2) is 0 Å². The standard InChI is InChI=1S/C20H23NO/c1-15-11-13-17(14-12-15)21-20(22)19-10-6-5-9-18(19)16-7-3-2-4-8-16/h2-4,7-8,11-14,18-19H,5-6,9-10H2,1H3,(H,21,22)/t18-,19+/m1/s1. The summed E-state index contributed by atoms with van der Waals surface area (Å²) < 4.78 is 0. The van der Waals surface area contributed by atoms with E-state index in [0.29, 0.717) is 5.92 Å². The van der Waals surface area contributed by atoms with E-state index in [0.717, 1.165) is 24.9 Å². The largest absolute Gasteiger partial charge is 0.326 e. The van der Waals surface area contributed by atoms with Gasteiger partial charge in [-0.2, -0.15) is 0 Å². The van der Waals surface area contributed by atoms with Gasteiger partial charge in [0.2, 0.25) is 5.91 Å². The van der Waals surface area contributed by atoms with Crippen molar-refractivity contribution >= 4 is 11.6 Å². The van der Waals surface area contributed by atoms with E-state index in [1.807, 2.05) is 30.3 Å². The lowest BCUT2D eigenvalue weighted by atomic mass is 9.75. The Kier molecular flexibility index (Phi) is 4.57. The van der Waals surface area contributed by atoms with Crippen LogP contribution in [0.5, 0.6) is 0 Å². The zero-order valence-electron chi connectivity index (χ0n) is 13.1. The summed E-state index contributed by atoms with van der Waals surface area (Å²) >= 11 is 0. The average Bonchev–Trinajstić information content (AvgIpc) is 2.58. The Bertz CT molecular complexity index is 618. The lowest BCUT2D eigenvalue weighted by Crippen LogP contribution is -2.30. The minimum absolute atomic E-state index is 0.0810. The van der Waals surface area contributed by atoms with Crippen molar-refractivity contribution in [1.29, 1.82) is 0 Å². The van der Waals surface area contributed by atoms with Crippen LogP contribution in [0, 0.1) is 12.8 Å². The third kappa shape index (κ3) is 3.38. The van der Waals surface area contributed by atoms with Crippen molar-refractivity contribution in [3.63, 3.8) is 0 Å². The number of nitrogens with one attached hydrogen (secondary N) is 1. The fourth-order valence-corrected chi connectivity index (χ4v) is 3.42. The minimum atomic E-state index is 0.0810. The molecule has 3 rings (SSSR count). The van der Waals surface area contributed by atoms with Crippen LogP contribution in [-0.4, -0.2) is 5.91 Å². The average molecular weight is 293 g/mol. The Balaban J connectivity index is 1.75. The molecule has 0 radical (unpaired) electrons. The van der Waals surface area contributed by atoms with Crippen molar-refractivity contribution in [2.75, 3.05) is 5.32 Å². The van der Waals surface area contributed by atoms with E-state index in [1.165, 1.54) is 17.5 Å². The van der Waals surface area contributed by atoms with E-state index in [4.69, 9.17) is 0 Å². The molecular formula is C20H23NO. The molecular weight excluding hydrogens is 270 g/mol. The molecule has 0 bridgehead atoms. The van der Waals surface area contributed by atoms with Crippen molar-refractivity contribution < 1.29 is 4.79 Å². The fourth-order valence-electron chi connectivity index (χ4n) is 3.42. The van der Waals surface area contributed by atoms with Crippen molar-refractivity contribution in [2.24, 2.45) is 5.92 Å². The molecule has 1 saturated carbocycles. The molecule has 1 fully saturated rings. The number of anilines is 1. The number of carbonyl (C=O) groups is 1. The van der Waals surface area contributed by atoms with Gasteiger partial charge in [0.25, 0.3) is 0 Å². The van der Waals surface area contributed by atoms with Gasteiger partial charge in [-0.1, -0.05) is 60.9 Å². The van der Waals surface area contributed by atoms with Gasteiger partial charge < -0.3 is 5.32 Å². The normalized spacial score (nSPS) is 21.3. The molecule has 1 aliphatic rings. The van der Waals surface area contributed by atoms with Gasteiger partial charge in [0.05, 0.1) is 0 Å². The van der Waals surface area contributed by atoms with Crippen molar-refractivity contribution in [2.45, 2.75) is 38.5 Å². The first-order valence-electron chi connectivity index (χ1n) is 8.16. The van der Waals surface area contributed by atoms with E-state index < -0.39 is 0 Å². The molecule has 0 saturated heterocycles. The number of aryl methyl sites for hydroxylation is 1. The summed E-state index contributed by atoms with van der Waals surface area (Å²) in [7, 11) is 0. The van der Waals surface area contributed by atoms with Gasteiger partial charge in [-0.25, -0.2) is 0 Å². The monoisotopic (exact) mass is 293 g/mol. The second-order valence-electron chi connectivity index (χ2n) is 6.26. The molecule has 1 amide bonds. The van der Waals surface area contributed by atoms with E-state index >= 15 is 0 Å². The van der Waals surface area contributed by atoms with Crippen molar-refractivity contribution in [3.8, 4) is 0 Å². The topological polar surface area (TPSA) is 29.1 Å². The third-order valence-electron chi connectivity index (χ3n) is 4.65.